The molecule has 0 aliphatic heterocycles. The molecular formula is C18H18N2O2. The van der Waals surface area contributed by atoms with Crippen LogP contribution in [0.4, 0.5) is 0 Å². The second kappa shape index (κ2) is 7.96. The van der Waals surface area contributed by atoms with Gasteiger partial charge in [-0.1, -0.05) is 42.5 Å². The molecule has 0 radical (unpaired) electrons. The molecule has 1 amide bonds. The predicted octanol–water partition coefficient (Wildman–Crippen LogP) is 2.80. The van der Waals surface area contributed by atoms with Crippen LogP contribution in [-0.2, 0) is 0 Å². The Labute approximate surface area is 130 Å². The first-order valence-corrected chi connectivity index (χ1v) is 7.22. The number of nitriles is 1. The SMILES string of the molecule is N#Cc1ccccc1C(=O)NC(CCCO)c1ccccc1. The van der Waals surface area contributed by atoms with Crippen LogP contribution in [0.5, 0.6) is 0 Å². The van der Waals surface area contributed by atoms with Gasteiger partial charge in [0.15, 0.2) is 0 Å². The summed E-state index contributed by atoms with van der Waals surface area (Å²) in [5.41, 5.74) is 1.71. The van der Waals surface area contributed by atoms with Crippen molar-refractivity contribution in [1.82, 2.24) is 5.32 Å². The van der Waals surface area contributed by atoms with Crippen LogP contribution < -0.4 is 5.32 Å². The summed E-state index contributed by atoms with van der Waals surface area (Å²) in [7, 11) is 0. The first-order chi connectivity index (χ1) is 10.8. The fraction of sp³-hybridized carbons (Fsp3) is 0.222. The number of hydrogen-bond acceptors (Lipinski definition) is 3. The Morgan fingerprint density at radius 1 is 1.14 bits per heavy atom. The highest BCUT2D eigenvalue weighted by molar-refractivity contribution is 5.96. The van der Waals surface area contributed by atoms with Crippen molar-refractivity contribution in [2.24, 2.45) is 0 Å². The number of aliphatic hydroxyl groups is 1. The van der Waals surface area contributed by atoms with Crippen molar-refractivity contribution in [3.63, 3.8) is 0 Å². The molecule has 0 aromatic heterocycles. The lowest BCUT2D eigenvalue weighted by Gasteiger charge is -2.19. The maximum Gasteiger partial charge on any atom is 0.253 e. The summed E-state index contributed by atoms with van der Waals surface area (Å²) in [6.45, 7) is 0.0774. The third kappa shape index (κ3) is 3.94. The lowest BCUT2D eigenvalue weighted by atomic mass is 10.0. The molecule has 0 fully saturated rings. The molecule has 0 aliphatic carbocycles. The van der Waals surface area contributed by atoms with Gasteiger partial charge in [0, 0.05) is 6.61 Å². The number of benzene rings is 2. The van der Waals surface area contributed by atoms with Crippen LogP contribution in [0.1, 0.15) is 40.4 Å². The van der Waals surface area contributed by atoms with Crippen molar-refractivity contribution in [2.45, 2.75) is 18.9 Å². The van der Waals surface area contributed by atoms with Crippen molar-refractivity contribution in [3.05, 3.63) is 71.3 Å². The molecule has 4 heteroatoms. The standard InChI is InChI=1S/C18H18N2O2/c19-13-15-9-4-5-10-16(15)18(22)20-17(11-6-12-21)14-7-2-1-3-8-14/h1-5,7-10,17,21H,6,11-12H2,(H,20,22). The molecule has 2 N–H and O–H groups in total. The molecule has 0 aliphatic rings. The van der Waals surface area contributed by atoms with Crippen molar-refractivity contribution >= 4 is 5.91 Å². The van der Waals surface area contributed by atoms with Crippen LogP contribution in [0.3, 0.4) is 0 Å². The highest BCUT2D eigenvalue weighted by Crippen LogP contribution is 2.19. The smallest absolute Gasteiger partial charge is 0.253 e. The Kier molecular flexibility index (Phi) is 5.70. The Morgan fingerprint density at radius 3 is 2.50 bits per heavy atom. The van der Waals surface area contributed by atoms with Gasteiger partial charge in [-0.2, -0.15) is 5.26 Å². The summed E-state index contributed by atoms with van der Waals surface area (Å²) in [6.07, 6.45) is 1.24. The van der Waals surface area contributed by atoms with E-state index in [1.807, 2.05) is 36.4 Å². The second-order valence-corrected chi connectivity index (χ2v) is 4.96. The van der Waals surface area contributed by atoms with Crippen LogP contribution >= 0.6 is 0 Å². The highest BCUT2D eigenvalue weighted by atomic mass is 16.3. The average molecular weight is 294 g/mol. The topological polar surface area (TPSA) is 73.1 Å². The number of carbonyl (C=O) groups is 1. The Bertz CT molecular complexity index is 662. The normalized spacial score (nSPS) is 11.5. The van der Waals surface area contributed by atoms with Crippen LogP contribution in [0.2, 0.25) is 0 Å². The summed E-state index contributed by atoms with van der Waals surface area (Å²) in [6, 6.07) is 18.2. The lowest BCUT2D eigenvalue weighted by molar-refractivity contribution is 0.0932. The number of aliphatic hydroxyl groups excluding tert-OH is 1. The molecule has 1 unspecified atom stereocenters. The maximum atomic E-state index is 12.4. The zero-order valence-corrected chi connectivity index (χ0v) is 12.2. The van der Waals surface area contributed by atoms with Gasteiger partial charge in [-0.25, -0.2) is 0 Å². The molecule has 0 spiro atoms. The van der Waals surface area contributed by atoms with Crippen LogP contribution in [0.15, 0.2) is 54.6 Å². The fourth-order valence-corrected chi connectivity index (χ4v) is 2.32. The zero-order chi connectivity index (χ0) is 15.8. The van der Waals surface area contributed by atoms with E-state index in [0.717, 1.165) is 5.56 Å². The molecule has 0 saturated heterocycles. The molecule has 22 heavy (non-hydrogen) atoms. The van der Waals surface area contributed by atoms with Gasteiger partial charge in [-0.3, -0.25) is 4.79 Å². The summed E-state index contributed by atoms with van der Waals surface area (Å²) in [5.74, 6) is -0.274. The first-order valence-electron chi connectivity index (χ1n) is 7.22. The first kappa shape index (κ1) is 15.7. The third-order valence-electron chi connectivity index (χ3n) is 3.45. The van der Waals surface area contributed by atoms with E-state index in [1.54, 1.807) is 24.3 Å². The molecule has 0 bridgehead atoms. The van der Waals surface area contributed by atoms with Crippen LogP contribution in [0, 0.1) is 11.3 Å². The van der Waals surface area contributed by atoms with Gasteiger partial charge in [0.2, 0.25) is 0 Å². The summed E-state index contributed by atoms with van der Waals surface area (Å²) < 4.78 is 0. The van der Waals surface area contributed by atoms with Gasteiger partial charge in [0.25, 0.3) is 5.91 Å². The number of nitrogens with one attached hydrogen (secondary N) is 1. The van der Waals surface area contributed by atoms with Crippen molar-refractivity contribution in [3.8, 4) is 6.07 Å². The maximum absolute atomic E-state index is 12.4. The quantitative estimate of drug-likeness (QED) is 0.860. The Hall–Kier alpha value is -2.64. The second-order valence-electron chi connectivity index (χ2n) is 4.96. The van der Waals surface area contributed by atoms with E-state index in [9.17, 15) is 4.79 Å². The lowest BCUT2D eigenvalue weighted by Crippen LogP contribution is -2.29. The molecule has 2 aromatic carbocycles. The van der Waals surface area contributed by atoms with Gasteiger partial charge < -0.3 is 10.4 Å². The minimum atomic E-state index is -0.274. The van der Waals surface area contributed by atoms with Crippen LogP contribution in [0.25, 0.3) is 0 Å². The van der Waals surface area contributed by atoms with E-state index >= 15 is 0 Å². The van der Waals surface area contributed by atoms with Crippen molar-refractivity contribution in [2.75, 3.05) is 6.61 Å². The number of carbonyl (C=O) groups excluding carboxylic acids is 1. The van der Waals surface area contributed by atoms with Gasteiger partial charge in [-0.05, 0) is 30.5 Å². The van der Waals surface area contributed by atoms with Gasteiger partial charge >= 0.3 is 0 Å². The summed E-state index contributed by atoms with van der Waals surface area (Å²) >= 11 is 0. The van der Waals surface area contributed by atoms with Crippen molar-refractivity contribution in [1.29, 1.82) is 5.26 Å². The zero-order valence-electron chi connectivity index (χ0n) is 12.2. The molecule has 2 rings (SSSR count). The molecule has 0 heterocycles. The Morgan fingerprint density at radius 2 is 1.82 bits per heavy atom. The van der Waals surface area contributed by atoms with E-state index in [2.05, 4.69) is 5.32 Å². The molecule has 112 valence electrons. The third-order valence-corrected chi connectivity index (χ3v) is 3.45. The highest BCUT2D eigenvalue weighted by Gasteiger charge is 2.17. The van der Waals surface area contributed by atoms with E-state index in [1.165, 1.54) is 0 Å². The van der Waals surface area contributed by atoms with Gasteiger partial charge in [0.1, 0.15) is 0 Å². The van der Waals surface area contributed by atoms with Gasteiger partial charge in [0.05, 0.1) is 23.2 Å². The number of amides is 1. The molecule has 2 aromatic rings. The van der Waals surface area contributed by atoms with E-state index in [0.29, 0.717) is 24.0 Å². The van der Waals surface area contributed by atoms with E-state index < -0.39 is 0 Å². The minimum Gasteiger partial charge on any atom is -0.396 e. The average Bonchev–Trinajstić information content (AvgIpc) is 2.59. The van der Waals surface area contributed by atoms with Crippen LogP contribution in [-0.4, -0.2) is 17.6 Å². The number of nitrogens with zero attached hydrogens (tertiary/aromatic N) is 1. The largest absolute Gasteiger partial charge is 0.396 e. The number of rotatable bonds is 6. The molecular weight excluding hydrogens is 276 g/mol. The van der Waals surface area contributed by atoms with Crippen molar-refractivity contribution < 1.29 is 9.90 Å². The van der Waals surface area contributed by atoms with E-state index in [4.69, 9.17) is 10.4 Å². The number of hydrogen-bond donors (Lipinski definition) is 2. The minimum absolute atomic E-state index is 0.0774. The predicted molar refractivity (Wildman–Crippen MR) is 84.1 cm³/mol. The molecule has 0 saturated carbocycles. The monoisotopic (exact) mass is 294 g/mol. The fourth-order valence-electron chi connectivity index (χ4n) is 2.32. The Balaban J connectivity index is 2.20. The summed E-state index contributed by atoms with van der Waals surface area (Å²) in [5, 5.41) is 21.1. The van der Waals surface area contributed by atoms with Gasteiger partial charge in [-0.15, -0.1) is 0 Å². The molecule has 4 nitrogen and oxygen atoms in total. The molecule has 1 atom stereocenters. The van der Waals surface area contributed by atoms with E-state index in [-0.39, 0.29) is 18.6 Å². The summed E-state index contributed by atoms with van der Waals surface area (Å²) in [4.78, 5) is 12.4.